The quantitative estimate of drug-likeness (QED) is 0.842. The van der Waals surface area contributed by atoms with Crippen LogP contribution in [-0.4, -0.2) is 18.2 Å². The van der Waals surface area contributed by atoms with Crippen molar-refractivity contribution in [3.05, 3.63) is 57.8 Å². The zero-order valence-electron chi connectivity index (χ0n) is 13.7. The zero-order valence-corrected chi connectivity index (χ0v) is 14.5. The number of carbonyl (C=O) groups excluding carboxylic acids is 2. The molecule has 1 saturated carbocycles. The highest BCUT2D eigenvalue weighted by Gasteiger charge is 2.61. The van der Waals surface area contributed by atoms with Crippen molar-refractivity contribution in [2.24, 2.45) is 5.41 Å². The van der Waals surface area contributed by atoms with Gasteiger partial charge in [-0.1, -0.05) is 44.2 Å². The number of ketones is 1. The molecule has 1 aliphatic carbocycles. The number of thiophene rings is 1. The molecule has 1 fully saturated rings. The van der Waals surface area contributed by atoms with Crippen LogP contribution >= 0.6 is 11.3 Å². The summed E-state index contributed by atoms with van der Waals surface area (Å²) in [6, 6.07) is 12.1. The van der Waals surface area contributed by atoms with E-state index in [0.29, 0.717) is 17.0 Å². The van der Waals surface area contributed by atoms with Crippen LogP contribution in [-0.2, 0) is 5.41 Å². The Morgan fingerprint density at radius 3 is 2.39 bits per heavy atom. The van der Waals surface area contributed by atoms with Crippen molar-refractivity contribution >= 4 is 23.0 Å². The van der Waals surface area contributed by atoms with Crippen LogP contribution in [0.3, 0.4) is 0 Å². The highest BCUT2D eigenvalue weighted by Crippen LogP contribution is 2.63. The summed E-state index contributed by atoms with van der Waals surface area (Å²) in [6.45, 7) is 6.62. The molecule has 3 nitrogen and oxygen atoms in total. The number of rotatable bonds is 5. The minimum absolute atomic E-state index is 0.00173. The van der Waals surface area contributed by atoms with Crippen LogP contribution in [0.25, 0.3) is 0 Å². The molecule has 1 aliphatic rings. The number of benzene rings is 1. The van der Waals surface area contributed by atoms with E-state index in [9.17, 15) is 9.59 Å². The predicted molar refractivity (Wildman–Crippen MR) is 93.2 cm³/mol. The van der Waals surface area contributed by atoms with Crippen molar-refractivity contribution in [2.45, 2.75) is 32.6 Å². The predicted octanol–water partition coefficient (Wildman–Crippen LogP) is 4.05. The van der Waals surface area contributed by atoms with Gasteiger partial charge >= 0.3 is 0 Å². The molecule has 0 saturated heterocycles. The molecule has 2 aromatic rings. The summed E-state index contributed by atoms with van der Waals surface area (Å²) in [7, 11) is 0. The molecule has 0 unspecified atom stereocenters. The van der Waals surface area contributed by atoms with Crippen molar-refractivity contribution in [1.82, 2.24) is 5.32 Å². The minimum atomic E-state index is -0.105. The van der Waals surface area contributed by atoms with Gasteiger partial charge in [0.1, 0.15) is 0 Å². The number of nitrogens with one attached hydrogen (secondary N) is 1. The zero-order chi connectivity index (χ0) is 16.7. The Labute approximate surface area is 140 Å². The third kappa shape index (κ3) is 2.83. The second-order valence-corrected chi connectivity index (χ2v) is 7.86. The SMILES string of the molecule is CC(=O)c1cc(C(=O)NC[C@@]2(c3ccccc3)CC2(C)C)cs1. The van der Waals surface area contributed by atoms with Crippen LogP contribution in [0.2, 0.25) is 0 Å². The van der Waals surface area contributed by atoms with E-state index in [4.69, 9.17) is 0 Å². The molecule has 4 heteroatoms. The molecule has 0 spiro atoms. The standard InChI is InChI=1S/C19H21NO2S/c1-13(21)16-9-14(10-23-16)17(22)20-12-19(11-18(19,2)3)15-7-5-4-6-8-15/h4-10H,11-12H2,1-3H3,(H,20,22)/t19-/m1/s1. The Bertz CT molecular complexity index is 748. The first-order valence-corrected chi connectivity index (χ1v) is 8.67. The van der Waals surface area contributed by atoms with E-state index < -0.39 is 0 Å². The van der Waals surface area contributed by atoms with E-state index in [-0.39, 0.29) is 22.5 Å². The molecule has 1 heterocycles. The molecular weight excluding hydrogens is 306 g/mol. The first-order chi connectivity index (χ1) is 10.9. The van der Waals surface area contributed by atoms with Gasteiger partial charge in [0.25, 0.3) is 5.91 Å². The normalized spacial score (nSPS) is 21.7. The van der Waals surface area contributed by atoms with Crippen LogP contribution in [0.5, 0.6) is 0 Å². The Morgan fingerprint density at radius 1 is 1.22 bits per heavy atom. The van der Waals surface area contributed by atoms with E-state index >= 15 is 0 Å². The summed E-state index contributed by atoms with van der Waals surface area (Å²) < 4.78 is 0. The second kappa shape index (κ2) is 5.60. The lowest BCUT2D eigenvalue weighted by molar-refractivity contribution is 0.0948. The van der Waals surface area contributed by atoms with Gasteiger partial charge < -0.3 is 5.32 Å². The lowest BCUT2D eigenvalue weighted by Crippen LogP contribution is -2.34. The lowest BCUT2D eigenvalue weighted by Gasteiger charge is -2.21. The average molecular weight is 327 g/mol. The van der Waals surface area contributed by atoms with Crippen LogP contribution < -0.4 is 5.32 Å². The van der Waals surface area contributed by atoms with Crippen LogP contribution in [0.15, 0.2) is 41.8 Å². The maximum Gasteiger partial charge on any atom is 0.252 e. The van der Waals surface area contributed by atoms with Gasteiger partial charge in [-0.2, -0.15) is 0 Å². The van der Waals surface area contributed by atoms with Crippen LogP contribution in [0, 0.1) is 5.41 Å². The monoisotopic (exact) mass is 327 g/mol. The first kappa shape index (κ1) is 15.9. The fourth-order valence-electron chi connectivity index (χ4n) is 3.34. The molecule has 1 amide bonds. The van der Waals surface area contributed by atoms with Crippen LogP contribution in [0.1, 0.15) is 52.8 Å². The summed E-state index contributed by atoms with van der Waals surface area (Å²) in [4.78, 5) is 24.4. The maximum atomic E-state index is 12.4. The van der Waals surface area contributed by atoms with Crippen molar-refractivity contribution in [3.63, 3.8) is 0 Å². The smallest absolute Gasteiger partial charge is 0.252 e. The fraction of sp³-hybridized carbons (Fsp3) is 0.368. The number of amides is 1. The molecule has 1 aromatic carbocycles. The highest BCUT2D eigenvalue weighted by atomic mass is 32.1. The number of hydrogen-bond donors (Lipinski definition) is 1. The van der Waals surface area contributed by atoms with Gasteiger partial charge in [0.15, 0.2) is 5.78 Å². The Hall–Kier alpha value is -1.94. The topological polar surface area (TPSA) is 46.2 Å². The van der Waals surface area contributed by atoms with E-state index in [0.717, 1.165) is 6.42 Å². The Balaban J connectivity index is 1.73. The van der Waals surface area contributed by atoms with Crippen molar-refractivity contribution < 1.29 is 9.59 Å². The van der Waals surface area contributed by atoms with E-state index in [1.165, 1.54) is 23.8 Å². The lowest BCUT2D eigenvalue weighted by atomic mass is 9.88. The molecule has 1 atom stereocenters. The minimum Gasteiger partial charge on any atom is -0.351 e. The first-order valence-electron chi connectivity index (χ1n) is 7.79. The Morgan fingerprint density at radius 2 is 1.87 bits per heavy atom. The maximum absolute atomic E-state index is 12.4. The number of carbonyl (C=O) groups is 2. The summed E-state index contributed by atoms with van der Waals surface area (Å²) in [6.07, 6.45) is 1.06. The molecule has 0 radical (unpaired) electrons. The molecule has 0 bridgehead atoms. The second-order valence-electron chi connectivity index (χ2n) is 6.95. The van der Waals surface area contributed by atoms with Crippen molar-refractivity contribution in [2.75, 3.05) is 6.54 Å². The van der Waals surface area contributed by atoms with Gasteiger partial charge in [0, 0.05) is 17.3 Å². The molecule has 23 heavy (non-hydrogen) atoms. The molecule has 120 valence electrons. The number of Topliss-reactive ketones (excluding diaryl/α,β-unsaturated/α-hetero) is 1. The summed E-state index contributed by atoms with van der Waals surface area (Å²) in [5.74, 6) is -0.107. The largest absolute Gasteiger partial charge is 0.351 e. The van der Waals surface area contributed by atoms with Crippen molar-refractivity contribution in [3.8, 4) is 0 Å². The highest BCUT2D eigenvalue weighted by molar-refractivity contribution is 7.12. The van der Waals surface area contributed by atoms with Crippen LogP contribution in [0.4, 0.5) is 0 Å². The number of hydrogen-bond acceptors (Lipinski definition) is 3. The fourth-order valence-corrected chi connectivity index (χ4v) is 4.13. The van der Waals surface area contributed by atoms with Gasteiger partial charge in [0.2, 0.25) is 0 Å². The average Bonchev–Trinajstić information content (AvgIpc) is 2.90. The molecule has 1 aromatic heterocycles. The van der Waals surface area contributed by atoms with Gasteiger partial charge in [-0.3, -0.25) is 9.59 Å². The summed E-state index contributed by atoms with van der Waals surface area (Å²) in [5, 5.41) is 4.81. The van der Waals surface area contributed by atoms with Crippen molar-refractivity contribution in [1.29, 1.82) is 0 Å². The third-order valence-electron chi connectivity index (χ3n) is 5.00. The summed E-state index contributed by atoms with van der Waals surface area (Å²) in [5.41, 5.74) is 2.03. The van der Waals surface area contributed by atoms with Gasteiger partial charge in [-0.15, -0.1) is 11.3 Å². The van der Waals surface area contributed by atoms with Gasteiger partial charge in [-0.05, 0) is 30.4 Å². The van der Waals surface area contributed by atoms with E-state index in [1.54, 1.807) is 11.4 Å². The molecule has 3 rings (SSSR count). The summed E-state index contributed by atoms with van der Waals surface area (Å²) >= 11 is 1.32. The van der Waals surface area contributed by atoms with Gasteiger partial charge in [-0.25, -0.2) is 0 Å². The molecule has 0 aliphatic heterocycles. The van der Waals surface area contributed by atoms with E-state index in [1.807, 2.05) is 18.2 Å². The molecular formula is C19H21NO2S. The van der Waals surface area contributed by atoms with Gasteiger partial charge in [0.05, 0.1) is 10.4 Å². The Kier molecular flexibility index (Phi) is 3.88. The molecule has 1 N–H and O–H groups in total. The third-order valence-corrected chi connectivity index (χ3v) is 6.03. The van der Waals surface area contributed by atoms with E-state index in [2.05, 4.69) is 31.3 Å².